The van der Waals surface area contributed by atoms with Crippen LogP contribution >= 0.6 is 17.0 Å². The van der Waals surface area contributed by atoms with E-state index < -0.39 is 0 Å². The summed E-state index contributed by atoms with van der Waals surface area (Å²) in [5, 5.41) is 10.3. The number of aryl methyl sites for hydroxylation is 1. The Morgan fingerprint density at radius 3 is 2.47 bits per heavy atom. The van der Waals surface area contributed by atoms with Crippen LogP contribution in [-0.2, 0) is 11.8 Å². The van der Waals surface area contributed by atoms with Crippen molar-refractivity contribution >= 4 is 17.0 Å². The van der Waals surface area contributed by atoms with Crippen molar-refractivity contribution < 1.29 is 5.11 Å². The molecule has 0 saturated heterocycles. The molecule has 1 aromatic rings. The van der Waals surface area contributed by atoms with Gasteiger partial charge < -0.3 is 10.8 Å². The Labute approximate surface area is 127 Å². The highest BCUT2D eigenvalue weighted by molar-refractivity contribution is 8.93. The Bertz CT molecular complexity index is 413. The fourth-order valence-corrected chi connectivity index (χ4v) is 3.78. The summed E-state index contributed by atoms with van der Waals surface area (Å²) >= 11 is 0. The molecule has 1 aliphatic rings. The molecule has 0 heterocycles. The number of hydrogen-bond acceptors (Lipinski definition) is 2. The molecule has 0 bridgehead atoms. The second-order valence-corrected chi connectivity index (χ2v) is 5.61. The molecule has 19 heavy (non-hydrogen) atoms. The van der Waals surface area contributed by atoms with Crippen molar-refractivity contribution in [3.63, 3.8) is 0 Å². The number of phenols is 1. The van der Waals surface area contributed by atoms with Crippen molar-refractivity contribution in [2.24, 2.45) is 5.73 Å². The topological polar surface area (TPSA) is 46.2 Å². The van der Waals surface area contributed by atoms with Gasteiger partial charge in [-0.15, -0.1) is 17.0 Å². The molecule has 0 amide bonds. The van der Waals surface area contributed by atoms with Gasteiger partial charge in [-0.3, -0.25) is 0 Å². The lowest BCUT2D eigenvalue weighted by molar-refractivity contribution is 0.252. The minimum Gasteiger partial charge on any atom is -0.508 e. The Morgan fingerprint density at radius 1 is 1.26 bits per heavy atom. The van der Waals surface area contributed by atoms with E-state index in [4.69, 9.17) is 5.73 Å². The van der Waals surface area contributed by atoms with E-state index >= 15 is 0 Å². The second kappa shape index (κ2) is 6.76. The first-order valence-corrected chi connectivity index (χ1v) is 7.22. The molecular formula is C16H26BrNO. The van der Waals surface area contributed by atoms with Crippen LogP contribution in [0.4, 0.5) is 0 Å². The van der Waals surface area contributed by atoms with Crippen molar-refractivity contribution in [1.82, 2.24) is 0 Å². The fraction of sp³-hybridized carbons (Fsp3) is 0.625. The number of phenolic OH excluding ortho intramolecular Hbond substituents is 1. The molecule has 1 atom stereocenters. The van der Waals surface area contributed by atoms with Crippen LogP contribution in [0.25, 0.3) is 0 Å². The van der Waals surface area contributed by atoms with Gasteiger partial charge in [0.2, 0.25) is 0 Å². The molecule has 1 aliphatic carbocycles. The summed E-state index contributed by atoms with van der Waals surface area (Å²) in [5.74, 6) is 0.449. The minimum absolute atomic E-state index is 0. The van der Waals surface area contributed by atoms with E-state index in [2.05, 4.69) is 19.9 Å². The summed E-state index contributed by atoms with van der Waals surface area (Å²) in [6.07, 6.45) is 6.42. The van der Waals surface area contributed by atoms with Crippen LogP contribution in [0, 0.1) is 0 Å². The van der Waals surface area contributed by atoms with Crippen molar-refractivity contribution in [1.29, 1.82) is 0 Å². The van der Waals surface area contributed by atoms with Gasteiger partial charge in [-0.2, -0.15) is 0 Å². The van der Waals surface area contributed by atoms with Gasteiger partial charge in [-0.1, -0.05) is 38.8 Å². The first kappa shape index (κ1) is 16.5. The lowest BCUT2D eigenvalue weighted by Gasteiger charge is -2.44. The van der Waals surface area contributed by atoms with Crippen molar-refractivity contribution in [2.75, 3.05) is 0 Å². The first-order valence-electron chi connectivity index (χ1n) is 7.22. The van der Waals surface area contributed by atoms with E-state index in [9.17, 15) is 5.11 Å². The average molecular weight is 328 g/mol. The first-order chi connectivity index (χ1) is 8.65. The van der Waals surface area contributed by atoms with Gasteiger partial charge in [0.1, 0.15) is 5.75 Å². The maximum atomic E-state index is 10.3. The van der Waals surface area contributed by atoms with Gasteiger partial charge in [-0.25, -0.2) is 0 Å². The molecule has 3 N–H and O–H groups in total. The molecule has 0 fully saturated rings. The van der Waals surface area contributed by atoms with Crippen molar-refractivity contribution in [2.45, 2.75) is 63.8 Å². The third-order valence-electron chi connectivity index (χ3n) is 4.45. The van der Waals surface area contributed by atoms with Crippen molar-refractivity contribution in [3.05, 3.63) is 29.3 Å². The Hall–Kier alpha value is -0.540. The average Bonchev–Trinajstić information content (AvgIpc) is 2.34. The monoisotopic (exact) mass is 327 g/mol. The molecule has 0 radical (unpaired) electrons. The molecule has 2 rings (SSSR count). The van der Waals surface area contributed by atoms with E-state index in [1.54, 1.807) is 0 Å². The Balaban J connectivity index is 0.00000180. The maximum Gasteiger partial charge on any atom is 0.119 e. The fourth-order valence-electron chi connectivity index (χ4n) is 3.78. The van der Waals surface area contributed by atoms with E-state index in [0.29, 0.717) is 5.75 Å². The highest BCUT2D eigenvalue weighted by Crippen LogP contribution is 2.47. The van der Waals surface area contributed by atoms with Crippen LogP contribution in [-0.4, -0.2) is 11.1 Å². The highest BCUT2D eigenvalue weighted by Gasteiger charge is 2.42. The summed E-state index contributed by atoms with van der Waals surface area (Å²) in [4.78, 5) is 0. The third kappa shape index (κ3) is 2.82. The molecule has 1 unspecified atom stereocenters. The Kier molecular flexibility index (Phi) is 5.87. The number of benzene rings is 1. The van der Waals surface area contributed by atoms with E-state index in [-0.39, 0.29) is 28.4 Å². The lowest BCUT2D eigenvalue weighted by Crippen LogP contribution is -2.48. The van der Waals surface area contributed by atoms with E-state index in [1.165, 1.54) is 5.56 Å². The molecule has 0 aliphatic heterocycles. The van der Waals surface area contributed by atoms with Crippen LogP contribution in [0.15, 0.2) is 18.2 Å². The van der Waals surface area contributed by atoms with Crippen LogP contribution in [0.3, 0.4) is 0 Å². The number of hydrogen-bond donors (Lipinski definition) is 2. The molecule has 108 valence electrons. The smallest absolute Gasteiger partial charge is 0.119 e. The number of nitrogens with two attached hydrogens (primary N) is 1. The van der Waals surface area contributed by atoms with Gasteiger partial charge in [0.25, 0.3) is 0 Å². The predicted octanol–water partition coefficient (Wildman–Crippen LogP) is 4.08. The standard InChI is InChI=1S/C16H25NO.BrH/c1-3-10-16(11-4-2)14(17)9-8-12-6-5-7-13(18)15(12)16;/h5-7,14,18H,3-4,8-11,17H2,1-2H3;1H. The highest BCUT2D eigenvalue weighted by atomic mass is 79.9. The summed E-state index contributed by atoms with van der Waals surface area (Å²) in [7, 11) is 0. The van der Waals surface area contributed by atoms with Crippen molar-refractivity contribution in [3.8, 4) is 5.75 Å². The Morgan fingerprint density at radius 2 is 1.89 bits per heavy atom. The van der Waals surface area contributed by atoms with Gasteiger partial charge in [-0.05, 0) is 37.3 Å². The van der Waals surface area contributed by atoms with E-state index in [0.717, 1.165) is 44.1 Å². The SMILES string of the molecule is Br.CCCC1(CCC)c2c(O)cccc2CCC1N. The van der Waals surface area contributed by atoms with Crippen LogP contribution in [0.5, 0.6) is 5.75 Å². The number of rotatable bonds is 4. The summed E-state index contributed by atoms with van der Waals surface area (Å²) < 4.78 is 0. The number of aromatic hydroxyl groups is 1. The summed E-state index contributed by atoms with van der Waals surface area (Å²) in [6, 6.07) is 6.10. The third-order valence-corrected chi connectivity index (χ3v) is 4.45. The summed E-state index contributed by atoms with van der Waals surface area (Å²) in [6.45, 7) is 4.41. The molecule has 3 heteroatoms. The number of halogens is 1. The zero-order valence-electron chi connectivity index (χ0n) is 12.0. The molecular weight excluding hydrogens is 302 g/mol. The number of fused-ring (bicyclic) bond motifs is 1. The molecule has 2 nitrogen and oxygen atoms in total. The van der Waals surface area contributed by atoms with Gasteiger partial charge in [0.15, 0.2) is 0 Å². The molecule has 1 aromatic carbocycles. The van der Waals surface area contributed by atoms with Crippen LogP contribution in [0.2, 0.25) is 0 Å². The normalized spacial score (nSPS) is 20.5. The molecule has 0 saturated carbocycles. The van der Waals surface area contributed by atoms with Crippen LogP contribution in [0.1, 0.15) is 57.1 Å². The molecule has 0 aromatic heterocycles. The quantitative estimate of drug-likeness (QED) is 0.875. The lowest BCUT2D eigenvalue weighted by atomic mass is 9.62. The minimum atomic E-state index is -0.0115. The van der Waals surface area contributed by atoms with Crippen LogP contribution < -0.4 is 5.73 Å². The maximum absolute atomic E-state index is 10.3. The zero-order chi connectivity index (χ0) is 13.2. The largest absolute Gasteiger partial charge is 0.508 e. The van der Waals surface area contributed by atoms with Gasteiger partial charge >= 0.3 is 0 Å². The summed E-state index contributed by atoms with van der Waals surface area (Å²) in [5.41, 5.74) is 8.90. The zero-order valence-corrected chi connectivity index (χ0v) is 13.7. The van der Waals surface area contributed by atoms with E-state index in [1.807, 2.05) is 12.1 Å². The second-order valence-electron chi connectivity index (χ2n) is 5.61. The van der Waals surface area contributed by atoms with Gasteiger partial charge in [0.05, 0.1) is 0 Å². The molecule has 0 spiro atoms. The predicted molar refractivity (Wildman–Crippen MR) is 86.2 cm³/mol. The van der Waals surface area contributed by atoms with Gasteiger partial charge in [0, 0.05) is 17.0 Å².